The lowest BCUT2D eigenvalue weighted by molar-refractivity contribution is -0.385. The zero-order valence-corrected chi connectivity index (χ0v) is 15.8. The number of aromatic nitrogens is 2. The minimum atomic E-state index is -4.05. The van der Waals surface area contributed by atoms with Crippen LogP contribution in [-0.4, -0.2) is 23.3 Å². The van der Waals surface area contributed by atoms with Gasteiger partial charge in [-0.25, -0.2) is 13.4 Å². The Balaban J connectivity index is 1.96. The molecule has 1 aromatic heterocycles. The molecule has 3 rings (SSSR count). The second-order valence-corrected chi connectivity index (χ2v) is 7.81. The maximum Gasteiger partial charge on any atom is 0.273 e. The van der Waals surface area contributed by atoms with E-state index in [1.165, 1.54) is 37.3 Å². The van der Waals surface area contributed by atoms with Crippen LogP contribution in [-0.2, 0) is 10.0 Å². The zero-order valence-electron chi connectivity index (χ0n) is 15.0. The average Bonchev–Trinajstić information content (AvgIpc) is 2.60. The van der Waals surface area contributed by atoms with Gasteiger partial charge in [0.05, 0.1) is 9.82 Å². The first-order valence-electron chi connectivity index (χ1n) is 8.12. The van der Waals surface area contributed by atoms with Gasteiger partial charge in [0.25, 0.3) is 21.3 Å². The molecule has 0 spiro atoms. The molecule has 0 aliphatic heterocycles. The van der Waals surface area contributed by atoms with E-state index >= 15 is 0 Å². The highest BCUT2D eigenvalue weighted by atomic mass is 32.2. The van der Waals surface area contributed by atoms with Gasteiger partial charge in [-0.1, -0.05) is 18.2 Å². The summed E-state index contributed by atoms with van der Waals surface area (Å²) in [6, 6.07) is 11.4. The monoisotopic (exact) mass is 400 g/mol. The summed E-state index contributed by atoms with van der Waals surface area (Å²) in [6.45, 7) is 3.21. The van der Waals surface area contributed by atoms with Gasteiger partial charge in [0.1, 0.15) is 5.82 Å². The van der Waals surface area contributed by atoms with E-state index in [1.807, 2.05) is 0 Å². The zero-order chi connectivity index (χ0) is 20.5. The Morgan fingerprint density at radius 3 is 2.54 bits per heavy atom. The number of H-pyrrole nitrogens is 1. The van der Waals surface area contributed by atoms with E-state index in [9.17, 15) is 23.3 Å². The Morgan fingerprint density at radius 1 is 1.11 bits per heavy atom. The van der Waals surface area contributed by atoms with Gasteiger partial charge in [0.15, 0.2) is 0 Å². The van der Waals surface area contributed by atoms with Gasteiger partial charge in [-0.15, -0.1) is 0 Å². The first kappa shape index (κ1) is 19.2. The average molecular weight is 400 g/mol. The molecule has 10 heteroatoms. The van der Waals surface area contributed by atoms with Crippen LogP contribution in [0, 0.1) is 24.0 Å². The summed E-state index contributed by atoms with van der Waals surface area (Å²) in [5.41, 5.74) is 1.02. The predicted octanol–water partition coefficient (Wildman–Crippen LogP) is 2.76. The van der Waals surface area contributed by atoms with Crippen molar-refractivity contribution in [2.24, 2.45) is 0 Å². The number of nitrogens with one attached hydrogen (secondary N) is 2. The normalized spacial score (nSPS) is 11.2. The maximum absolute atomic E-state index is 12.6. The summed E-state index contributed by atoms with van der Waals surface area (Å²) in [7, 11) is -4.05. The summed E-state index contributed by atoms with van der Waals surface area (Å²) in [6.07, 6.45) is 0. The fourth-order valence-corrected chi connectivity index (χ4v) is 3.68. The van der Waals surface area contributed by atoms with Crippen LogP contribution in [0.2, 0.25) is 0 Å². The molecule has 2 N–H and O–H groups in total. The summed E-state index contributed by atoms with van der Waals surface area (Å²) >= 11 is 0. The third-order valence-corrected chi connectivity index (χ3v) is 5.32. The van der Waals surface area contributed by atoms with Crippen molar-refractivity contribution in [2.45, 2.75) is 18.7 Å². The number of nitro groups is 1. The number of rotatable bonds is 5. The number of nitro benzene ring substituents is 1. The van der Waals surface area contributed by atoms with E-state index in [0.717, 1.165) is 6.07 Å². The number of anilines is 1. The van der Waals surface area contributed by atoms with E-state index < -0.39 is 14.9 Å². The topological polar surface area (TPSA) is 135 Å². The van der Waals surface area contributed by atoms with Crippen molar-refractivity contribution in [1.29, 1.82) is 0 Å². The molecule has 0 fully saturated rings. The largest absolute Gasteiger partial charge is 0.307 e. The number of nitrogens with zero attached hydrogens (tertiary/aromatic N) is 2. The molecular formula is C18H16N4O5S. The Labute approximate surface area is 160 Å². The van der Waals surface area contributed by atoms with Gasteiger partial charge in [-0.2, -0.15) is 0 Å². The molecular weight excluding hydrogens is 384 g/mol. The van der Waals surface area contributed by atoms with Crippen LogP contribution in [0.1, 0.15) is 11.3 Å². The van der Waals surface area contributed by atoms with Crippen molar-refractivity contribution >= 4 is 21.4 Å². The van der Waals surface area contributed by atoms with E-state index in [-0.39, 0.29) is 21.8 Å². The van der Waals surface area contributed by atoms with Crippen molar-refractivity contribution in [3.63, 3.8) is 0 Å². The smallest absolute Gasteiger partial charge is 0.273 e. The van der Waals surface area contributed by atoms with Gasteiger partial charge >= 0.3 is 0 Å². The van der Waals surface area contributed by atoms with Crippen molar-refractivity contribution in [1.82, 2.24) is 9.97 Å². The number of aromatic amines is 1. The SMILES string of the molecule is Cc1cc(=O)[nH]c(-c2cccc(NS(=O)(=O)c3ccc(C)c([N+](=O)[O-])c3)c2)n1. The van der Waals surface area contributed by atoms with Crippen LogP contribution in [0.3, 0.4) is 0 Å². The summed E-state index contributed by atoms with van der Waals surface area (Å²) < 4.78 is 27.7. The standard InChI is InChI=1S/C18H16N4O5S/c1-11-6-7-15(10-16(11)22(24)25)28(26,27)21-14-5-3-4-13(9-14)18-19-12(2)8-17(23)20-18/h3-10,21H,1-2H3,(H,19,20,23). The lowest BCUT2D eigenvalue weighted by Gasteiger charge is -2.10. The molecule has 3 aromatic rings. The van der Waals surface area contributed by atoms with Crippen LogP contribution in [0.15, 0.2) is 58.2 Å². The third-order valence-electron chi connectivity index (χ3n) is 3.95. The fourth-order valence-electron chi connectivity index (χ4n) is 2.61. The van der Waals surface area contributed by atoms with Crippen LogP contribution < -0.4 is 10.3 Å². The number of benzene rings is 2. The van der Waals surface area contributed by atoms with Crippen LogP contribution in [0.5, 0.6) is 0 Å². The lowest BCUT2D eigenvalue weighted by atomic mass is 10.2. The van der Waals surface area contributed by atoms with Gasteiger partial charge in [-0.05, 0) is 32.0 Å². The molecule has 144 valence electrons. The molecule has 0 saturated heterocycles. The van der Waals surface area contributed by atoms with Gasteiger partial charge < -0.3 is 4.98 Å². The number of sulfonamides is 1. The summed E-state index contributed by atoms with van der Waals surface area (Å²) in [5, 5.41) is 11.1. The fraction of sp³-hybridized carbons (Fsp3) is 0.111. The molecule has 28 heavy (non-hydrogen) atoms. The van der Waals surface area contributed by atoms with E-state index in [2.05, 4.69) is 14.7 Å². The minimum absolute atomic E-state index is 0.225. The molecule has 0 atom stereocenters. The van der Waals surface area contributed by atoms with Crippen LogP contribution >= 0.6 is 0 Å². The maximum atomic E-state index is 12.6. The number of aryl methyl sites for hydroxylation is 2. The van der Waals surface area contributed by atoms with Gasteiger partial charge in [0, 0.05) is 34.6 Å². The Hall–Kier alpha value is -3.53. The molecule has 9 nitrogen and oxygen atoms in total. The molecule has 0 bridgehead atoms. The Bertz CT molecular complexity index is 1230. The van der Waals surface area contributed by atoms with Crippen molar-refractivity contribution < 1.29 is 13.3 Å². The van der Waals surface area contributed by atoms with Gasteiger partial charge in [0.2, 0.25) is 0 Å². The van der Waals surface area contributed by atoms with Crippen LogP contribution in [0.25, 0.3) is 11.4 Å². The first-order chi connectivity index (χ1) is 13.2. The Morgan fingerprint density at radius 2 is 1.86 bits per heavy atom. The molecule has 2 aromatic carbocycles. The molecule has 0 aliphatic carbocycles. The van der Waals surface area contributed by atoms with Gasteiger partial charge in [-0.3, -0.25) is 19.6 Å². The number of hydrogen-bond donors (Lipinski definition) is 2. The highest BCUT2D eigenvalue weighted by molar-refractivity contribution is 7.92. The Kier molecular flexibility index (Phi) is 4.97. The van der Waals surface area contributed by atoms with Crippen LogP contribution in [0.4, 0.5) is 11.4 Å². The quantitative estimate of drug-likeness (QED) is 0.499. The first-order valence-corrected chi connectivity index (χ1v) is 9.60. The number of hydrogen-bond acceptors (Lipinski definition) is 6. The van der Waals surface area contributed by atoms with E-state index in [1.54, 1.807) is 19.1 Å². The molecule has 0 saturated carbocycles. The molecule has 0 unspecified atom stereocenters. The molecule has 1 heterocycles. The second-order valence-electron chi connectivity index (χ2n) is 6.13. The third kappa shape index (κ3) is 4.07. The highest BCUT2D eigenvalue weighted by Gasteiger charge is 2.20. The van der Waals surface area contributed by atoms with Crippen molar-refractivity contribution in [3.05, 3.63) is 80.3 Å². The predicted molar refractivity (Wildman–Crippen MR) is 104 cm³/mol. The summed E-state index contributed by atoms with van der Waals surface area (Å²) in [4.78, 5) is 28.7. The molecule has 0 radical (unpaired) electrons. The van der Waals surface area contributed by atoms with Crippen molar-refractivity contribution in [2.75, 3.05) is 4.72 Å². The molecule has 0 aliphatic rings. The lowest BCUT2D eigenvalue weighted by Crippen LogP contribution is -2.13. The van der Waals surface area contributed by atoms with Crippen molar-refractivity contribution in [3.8, 4) is 11.4 Å². The van der Waals surface area contributed by atoms with E-state index in [4.69, 9.17) is 0 Å². The second kappa shape index (κ2) is 7.24. The van der Waals surface area contributed by atoms with E-state index in [0.29, 0.717) is 22.6 Å². The summed E-state index contributed by atoms with van der Waals surface area (Å²) in [5.74, 6) is 0.303. The highest BCUT2D eigenvalue weighted by Crippen LogP contribution is 2.25. The minimum Gasteiger partial charge on any atom is -0.307 e. The molecule has 0 amide bonds.